The Kier molecular flexibility index (Phi) is 9.91. The van der Waals surface area contributed by atoms with E-state index in [1.54, 1.807) is 17.8 Å². The number of carbonyl (C=O) groups is 1. The van der Waals surface area contributed by atoms with Gasteiger partial charge < -0.3 is 15.2 Å². The first kappa shape index (κ1) is 23.8. The van der Waals surface area contributed by atoms with Crippen molar-refractivity contribution in [3.8, 4) is 11.5 Å². The number of thioether (sulfide) groups is 1. The number of hydrogen-bond acceptors (Lipinski definition) is 6. The first-order valence-corrected chi connectivity index (χ1v) is 10.5. The van der Waals surface area contributed by atoms with Gasteiger partial charge in [0.1, 0.15) is 17.8 Å². The van der Waals surface area contributed by atoms with Gasteiger partial charge in [-0.25, -0.2) is 0 Å². The van der Waals surface area contributed by atoms with Gasteiger partial charge in [-0.05, 0) is 24.4 Å². The van der Waals surface area contributed by atoms with Crippen LogP contribution in [0.2, 0.25) is 0 Å². The van der Waals surface area contributed by atoms with E-state index in [2.05, 4.69) is 41.3 Å². The number of aldehydes is 1. The van der Waals surface area contributed by atoms with E-state index in [9.17, 15) is 4.79 Å². The fourth-order valence-electron chi connectivity index (χ4n) is 2.67. The van der Waals surface area contributed by atoms with Gasteiger partial charge in [0, 0.05) is 30.0 Å². The Morgan fingerprint density at radius 2 is 1.74 bits per heavy atom. The molecule has 0 aliphatic rings. The first-order valence-electron chi connectivity index (χ1n) is 9.55. The van der Waals surface area contributed by atoms with E-state index >= 15 is 0 Å². The third-order valence-electron chi connectivity index (χ3n) is 4.16. The summed E-state index contributed by atoms with van der Waals surface area (Å²) < 4.78 is 4.82. The van der Waals surface area contributed by atoms with Crippen molar-refractivity contribution in [1.29, 1.82) is 0 Å². The molecule has 0 saturated heterocycles. The third kappa shape index (κ3) is 7.68. The molecule has 0 atom stereocenters. The summed E-state index contributed by atoms with van der Waals surface area (Å²) in [6.07, 6.45) is 0.655. The second-order valence-corrected chi connectivity index (χ2v) is 7.29. The number of nitrogens with one attached hydrogen (secondary N) is 1. The molecule has 0 aliphatic heterocycles. The highest BCUT2D eigenvalue weighted by atomic mass is 32.2. The summed E-state index contributed by atoms with van der Waals surface area (Å²) in [6, 6.07) is 24.9. The standard InChI is InChI=1S/C17H18N2S.C8H8O3/c1-18-16(15-11-7-4-8-12-15)17(19-2)20-13-14-9-5-3-6-10-14;1-11-8-3-6(5-9)2-7(10)4-8/h3-12,19H,1,13H2,2H3;2-5,10H,1H3/b17-16-;. The highest BCUT2D eigenvalue weighted by molar-refractivity contribution is 8.02. The van der Waals surface area contributed by atoms with Gasteiger partial charge in [-0.15, -0.1) is 11.8 Å². The Hall–Kier alpha value is -3.51. The number of hydrogen-bond donors (Lipinski definition) is 2. The monoisotopic (exact) mass is 434 g/mol. The fourth-order valence-corrected chi connectivity index (χ4v) is 3.64. The van der Waals surface area contributed by atoms with Crippen LogP contribution in [0.25, 0.3) is 5.70 Å². The van der Waals surface area contributed by atoms with Crippen LogP contribution in [0.4, 0.5) is 0 Å². The van der Waals surface area contributed by atoms with Crippen molar-refractivity contribution in [2.75, 3.05) is 14.2 Å². The van der Waals surface area contributed by atoms with Crippen molar-refractivity contribution in [3.05, 3.63) is 101 Å². The number of carbonyl (C=O) groups excluding carboxylic acids is 1. The Balaban J connectivity index is 0.000000262. The molecule has 2 N–H and O–H groups in total. The lowest BCUT2D eigenvalue weighted by molar-refractivity contribution is 0.112. The fraction of sp³-hybridized carbons (Fsp3) is 0.120. The molecule has 0 aliphatic carbocycles. The largest absolute Gasteiger partial charge is 0.508 e. The number of rotatable bonds is 8. The van der Waals surface area contributed by atoms with Crippen molar-refractivity contribution in [3.63, 3.8) is 0 Å². The molecule has 0 bridgehead atoms. The highest BCUT2D eigenvalue weighted by Crippen LogP contribution is 2.28. The second-order valence-electron chi connectivity index (χ2n) is 6.31. The quantitative estimate of drug-likeness (QED) is 0.368. The van der Waals surface area contributed by atoms with Crippen LogP contribution in [0.5, 0.6) is 11.5 Å². The predicted octanol–water partition coefficient (Wildman–Crippen LogP) is 5.38. The van der Waals surface area contributed by atoms with E-state index in [0.29, 0.717) is 17.6 Å². The van der Waals surface area contributed by atoms with Gasteiger partial charge in [0.2, 0.25) is 0 Å². The number of phenols is 1. The van der Waals surface area contributed by atoms with Crippen LogP contribution in [-0.2, 0) is 5.75 Å². The molecule has 0 saturated carbocycles. The topological polar surface area (TPSA) is 70.9 Å². The number of ether oxygens (including phenoxy) is 1. The van der Waals surface area contributed by atoms with Crippen molar-refractivity contribution in [2.24, 2.45) is 4.99 Å². The summed E-state index contributed by atoms with van der Waals surface area (Å²) in [5.41, 5.74) is 3.67. The Bertz CT molecular complexity index is 1010. The average molecular weight is 435 g/mol. The van der Waals surface area contributed by atoms with Crippen LogP contribution >= 0.6 is 11.8 Å². The van der Waals surface area contributed by atoms with Crippen LogP contribution in [-0.4, -0.2) is 32.3 Å². The maximum absolute atomic E-state index is 10.3. The maximum Gasteiger partial charge on any atom is 0.150 e. The Morgan fingerprint density at radius 1 is 1.10 bits per heavy atom. The zero-order valence-corrected chi connectivity index (χ0v) is 18.4. The predicted molar refractivity (Wildman–Crippen MR) is 130 cm³/mol. The van der Waals surface area contributed by atoms with Crippen LogP contribution in [0.1, 0.15) is 21.5 Å². The number of aliphatic imine (C=N–C) groups is 1. The molecule has 0 unspecified atom stereocenters. The first-order chi connectivity index (χ1) is 15.1. The zero-order chi connectivity index (χ0) is 22.5. The van der Waals surface area contributed by atoms with E-state index in [1.165, 1.54) is 24.8 Å². The number of phenolic OH excluding ortho intramolecular Hbond substituents is 1. The van der Waals surface area contributed by atoms with Gasteiger partial charge in [0.25, 0.3) is 0 Å². The minimum Gasteiger partial charge on any atom is -0.508 e. The molecule has 5 nitrogen and oxygen atoms in total. The summed E-state index contributed by atoms with van der Waals surface area (Å²) in [5, 5.41) is 13.3. The summed E-state index contributed by atoms with van der Waals surface area (Å²) >= 11 is 1.74. The highest BCUT2D eigenvalue weighted by Gasteiger charge is 2.07. The number of aromatic hydroxyl groups is 1. The number of methoxy groups -OCH3 is 1. The molecule has 0 heterocycles. The van der Waals surface area contributed by atoms with E-state index in [4.69, 9.17) is 9.84 Å². The molecule has 0 radical (unpaired) electrons. The maximum atomic E-state index is 10.3. The van der Waals surface area contributed by atoms with Gasteiger partial charge in [-0.2, -0.15) is 0 Å². The lowest BCUT2D eigenvalue weighted by Crippen LogP contribution is -2.05. The van der Waals surface area contributed by atoms with Gasteiger partial charge >= 0.3 is 0 Å². The normalized spacial score (nSPS) is 10.8. The summed E-state index contributed by atoms with van der Waals surface area (Å²) in [7, 11) is 3.39. The van der Waals surface area contributed by atoms with Crippen LogP contribution in [0.3, 0.4) is 0 Å². The molecular weight excluding hydrogens is 408 g/mol. The van der Waals surface area contributed by atoms with Gasteiger partial charge in [-0.1, -0.05) is 60.7 Å². The van der Waals surface area contributed by atoms with Gasteiger partial charge in [-0.3, -0.25) is 9.79 Å². The molecule has 0 amide bonds. The van der Waals surface area contributed by atoms with E-state index < -0.39 is 0 Å². The lowest BCUT2D eigenvalue weighted by Gasteiger charge is -2.11. The van der Waals surface area contributed by atoms with Gasteiger partial charge in [0.05, 0.1) is 17.8 Å². The molecule has 0 aromatic heterocycles. The van der Waals surface area contributed by atoms with E-state index in [-0.39, 0.29) is 5.75 Å². The molecule has 31 heavy (non-hydrogen) atoms. The molecule has 160 valence electrons. The molecule has 3 aromatic carbocycles. The van der Waals surface area contributed by atoms with Gasteiger partial charge in [0.15, 0.2) is 0 Å². The molecule has 6 heteroatoms. The smallest absolute Gasteiger partial charge is 0.150 e. The zero-order valence-electron chi connectivity index (χ0n) is 17.6. The van der Waals surface area contributed by atoms with Crippen molar-refractivity contribution in [1.82, 2.24) is 5.32 Å². The average Bonchev–Trinajstić information content (AvgIpc) is 2.82. The molecule has 3 rings (SSSR count). The number of benzene rings is 3. The van der Waals surface area contributed by atoms with E-state index in [0.717, 1.165) is 22.0 Å². The van der Waals surface area contributed by atoms with Crippen molar-refractivity contribution < 1.29 is 14.6 Å². The van der Waals surface area contributed by atoms with E-state index in [1.807, 2.05) is 43.4 Å². The Labute approximate surface area is 187 Å². The summed E-state index contributed by atoms with van der Waals surface area (Å²) in [6.45, 7) is 3.70. The van der Waals surface area contributed by atoms with Crippen LogP contribution in [0, 0.1) is 0 Å². The molecule has 0 spiro atoms. The third-order valence-corrected chi connectivity index (χ3v) is 5.32. The molecular formula is C25H26N2O3S. The van der Waals surface area contributed by atoms with Crippen LogP contribution < -0.4 is 10.1 Å². The summed E-state index contributed by atoms with van der Waals surface area (Å²) in [5.74, 6) is 1.42. The van der Waals surface area contributed by atoms with Crippen LogP contribution in [0.15, 0.2) is 88.9 Å². The minimum absolute atomic E-state index is 0.0338. The minimum atomic E-state index is 0.0338. The SMILES string of the molecule is C=N/C(=C(/NC)SCc1ccccc1)c1ccccc1.COc1cc(O)cc(C=O)c1. The lowest BCUT2D eigenvalue weighted by atomic mass is 10.2. The van der Waals surface area contributed by atoms with Crippen molar-refractivity contribution >= 4 is 30.5 Å². The Morgan fingerprint density at radius 3 is 2.29 bits per heavy atom. The molecule has 3 aromatic rings. The second kappa shape index (κ2) is 12.9. The number of nitrogens with zero attached hydrogens (tertiary/aromatic N) is 1. The van der Waals surface area contributed by atoms with Crippen molar-refractivity contribution in [2.45, 2.75) is 5.75 Å². The molecule has 0 fully saturated rings. The summed E-state index contributed by atoms with van der Waals surface area (Å²) in [4.78, 5) is 14.4.